The smallest absolute Gasteiger partial charge is 0.306 e. The van der Waals surface area contributed by atoms with Gasteiger partial charge >= 0.3 is 11.9 Å². The van der Waals surface area contributed by atoms with E-state index in [0.29, 0.717) is 6.42 Å². The van der Waals surface area contributed by atoms with Gasteiger partial charge in [0.2, 0.25) is 0 Å². The van der Waals surface area contributed by atoms with E-state index in [4.69, 9.17) is 18.9 Å². The fourth-order valence-corrected chi connectivity index (χ4v) is 3.95. The third-order valence-electron chi connectivity index (χ3n) is 6.39. The number of hydrogen-bond acceptors (Lipinski definition) is 10. The molecular formula is C29H50O10. The Labute approximate surface area is 233 Å². The molecule has 6 unspecified atom stereocenters. The molecular weight excluding hydrogens is 508 g/mol. The Balaban J connectivity index is 2.32. The zero-order valence-electron chi connectivity index (χ0n) is 23.6. The molecule has 0 bridgehead atoms. The van der Waals surface area contributed by atoms with Crippen molar-refractivity contribution in [3.8, 4) is 0 Å². The highest BCUT2D eigenvalue weighted by atomic mass is 16.7. The van der Waals surface area contributed by atoms with Crippen LogP contribution >= 0.6 is 0 Å². The van der Waals surface area contributed by atoms with E-state index < -0.39 is 55.4 Å². The van der Waals surface area contributed by atoms with E-state index in [2.05, 4.69) is 31.2 Å². The summed E-state index contributed by atoms with van der Waals surface area (Å²) in [6, 6.07) is 0. The minimum atomic E-state index is -1.59. The van der Waals surface area contributed by atoms with Gasteiger partial charge in [0.15, 0.2) is 12.4 Å². The summed E-state index contributed by atoms with van der Waals surface area (Å²) in [5, 5.41) is 39.2. The Morgan fingerprint density at radius 3 is 2.15 bits per heavy atom. The number of aliphatic hydroxyl groups is 4. The summed E-state index contributed by atoms with van der Waals surface area (Å²) in [7, 11) is 0. The number of rotatable bonds is 21. The van der Waals surface area contributed by atoms with Crippen LogP contribution in [0.1, 0.15) is 90.9 Å². The van der Waals surface area contributed by atoms with Crippen molar-refractivity contribution in [2.45, 2.75) is 128 Å². The number of hydrogen-bond donors (Lipinski definition) is 4. The van der Waals surface area contributed by atoms with Gasteiger partial charge in [0.25, 0.3) is 0 Å². The molecule has 226 valence electrons. The minimum Gasteiger partial charge on any atom is -0.462 e. The molecule has 1 fully saturated rings. The van der Waals surface area contributed by atoms with E-state index in [1.165, 1.54) is 12.8 Å². The summed E-state index contributed by atoms with van der Waals surface area (Å²) >= 11 is 0. The second-order valence-corrected chi connectivity index (χ2v) is 9.81. The first-order valence-electron chi connectivity index (χ1n) is 14.4. The Bertz CT molecular complexity index is 708. The lowest BCUT2D eigenvalue weighted by Crippen LogP contribution is -2.59. The molecule has 0 amide bonds. The molecule has 1 rings (SSSR count). The predicted octanol–water partition coefficient (Wildman–Crippen LogP) is 3.09. The SMILES string of the molecule is CCCC/C=C\C/C=C\CCCCCCCC(=O)OC(COC(=O)CC)COC1OC(CO)C(O)C(O)C1O. The van der Waals surface area contributed by atoms with Gasteiger partial charge in [-0.15, -0.1) is 0 Å². The van der Waals surface area contributed by atoms with Gasteiger partial charge in [0.1, 0.15) is 31.0 Å². The first-order chi connectivity index (χ1) is 18.8. The lowest BCUT2D eigenvalue weighted by molar-refractivity contribution is -0.305. The number of ether oxygens (including phenoxy) is 4. The zero-order valence-corrected chi connectivity index (χ0v) is 23.6. The average Bonchev–Trinajstić information content (AvgIpc) is 2.93. The monoisotopic (exact) mass is 558 g/mol. The van der Waals surface area contributed by atoms with Crippen LogP contribution in [0.5, 0.6) is 0 Å². The van der Waals surface area contributed by atoms with E-state index in [1.54, 1.807) is 6.92 Å². The highest BCUT2D eigenvalue weighted by Crippen LogP contribution is 2.22. The van der Waals surface area contributed by atoms with E-state index in [-0.39, 0.29) is 26.1 Å². The lowest BCUT2D eigenvalue weighted by Gasteiger charge is -2.39. The summed E-state index contributed by atoms with van der Waals surface area (Å²) in [5.41, 5.74) is 0. The molecule has 0 saturated carbocycles. The molecule has 0 aromatic carbocycles. The summed E-state index contributed by atoms with van der Waals surface area (Å²) < 4.78 is 21.3. The van der Waals surface area contributed by atoms with Crippen LogP contribution in [0.15, 0.2) is 24.3 Å². The van der Waals surface area contributed by atoms with Gasteiger partial charge in [-0.1, -0.05) is 70.3 Å². The normalized spacial score (nSPS) is 24.3. The number of carbonyl (C=O) groups is 2. The van der Waals surface area contributed by atoms with Gasteiger partial charge in [0, 0.05) is 12.8 Å². The second kappa shape index (κ2) is 21.9. The molecule has 10 heteroatoms. The van der Waals surface area contributed by atoms with Gasteiger partial charge in [-0.25, -0.2) is 0 Å². The first-order valence-corrected chi connectivity index (χ1v) is 14.4. The zero-order chi connectivity index (χ0) is 28.9. The quantitative estimate of drug-likeness (QED) is 0.0939. The second-order valence-electron chi connectivity index (χ2n) is 9.81. The maximum atomic E-state index is 12.4. The Kier molecular flexibility index (Phi) is 19.8. The summed E-state index contributed by atoms with van der Waals surface area (Å²) in [6.45, 7) is 2.71. The Morgan fingerprint density at radius 1 is 0.821 bits per heavy atom. The molecule has 6 atom stereocenters. The van der Waals surface area contributed by atoms with Crippen molar-refractivity contribution >= 4 is 11.9 Å². The molecule has 1 heterocycles. The van der Waals surface area contributed by atoms with E-state index >= 15 is 0 Å². The molecule has 1 aliphatic heterocycles. The van der Waals surface area contributed by atoms with Gasteiger partial charge in [-0.2, -0.15) is 0 Å². The van der Waals surface area contributed by atoms with Gasteiger partial charge in [-0.05, 0) is 32.1 Å². The van der Waals surface area contributed by atoms with Crippen LogP contribution < -0.4 is 0 Å². The molecule has 0 radical (unpaired) electrons. The molecule has 39 heavy (non-hydrogen) atoms. The number of carbonyl (C=O) groups excluding carboxylic acids is 2. The van der Waals surface area contributed by atoms with Crippen LogP contribution in [0.25, 0.3) is 0 Å². The molecule has 4 N–H and O–H groups in total. The summed E-state index contributed by atoms with van der Waals surface area (Å²) in [6.07, 6.45) is 11.6. The largest absolute Gasteiger partial charge is 0.462 e. The van der Waals surface area contributed by atoms with Gasteiger partial charge in [-0.3, -0.25) is 9.59 Å². The number of allylic oxidation sites excluding steroid dienone is 4. The molecule has 1 saturated heterocycles. The predicted molar refractivity (Wildman–Crippen MR) is 146 cm³/mol. The van der Waals surface area contributed by atoms with Crippen molar-refractivity contribution in [1.82, 2.24) is 0 Å². The third-order valence-corrected chi connectivity index (χ3v) is 6.39. The van der Waals surface area contributed by atoms with Crippen LogP contribution in [0, 0.1) is 0 Å². The molecule has 0 spiro atoms. The van der Waals surface area contributed by atoms with Crippen molar-refractivity contribution < 1.29 is 49.0 Å². The van der Waals surface area contributed by atoms with Crippen LogP contribution in [-0.2, 0) is 28.5 Å². The molecule has 0 aliphatic carbocycles. The lowest BCUT2D eigenvalue weighted by atomic mass is 9.99. The summed E-state index contributed by atoms with van der Waals surface area (Å²) in [4.78, 5) is 24.0. The van der Waals surface area contributed by atoms with Crippen LogP contribution in [0.3, 0.4) is 0 Å². The number of unbranched alkanes of at least 4 members (excludes halogenated alkanes) is 7. The number of aliphatic hydroxyl groups excluding tert-OH is 4. The highest BCUT2D eigenvalue weighted by molar-refractivity contribution is 5.70. The maximum Gasteiger partial charge on any atom is 0.306 e. The van der Waals surface area contributed by atoms with E-state index in [9.17, 15) is 30.0 Å². The van der Waals surface area contributed by atoms with Crippen molar-refractivity contribution in [2.24, 2.45) is 0 Å². The van der Waals surface area contributed by atoms with Crippen LogP contribution in [0.4, 0.5) is 0 Å². The van der Waals surface area contributed by atoms with Crippen LogP contribution in [0.2, 0.25) is 0 Å². The fraction of sp³-hybridized carbons (Fsp3) is 0.793. The van der Waals surface area contributed by atoms with Crippen molar-refractivity contribution in [1.29, 1.82) is 0 Å². The van der Waals surface area contributed by atoms with Crippen LogP contribution in [-0.4, -0.2) is 89.0 Å². The van der Waals surface area contributed by atoms with Gasteiger partial charge in [0.05, 0.1) is 13.2 Å². The minimum absolute atomic E-state index is 0.153. The first kappa shape index (κ1) is 35.2. The van der Waals surface area contributed by atoms with Gasteiger partial charge < -0.3 is 39.4 Å². The number of esters is 2. The fourth-order valence-electron chi connectivity index (χ4n) is 3.95. The highest BCUT2D eigenvalue weighted by Gasteiger charge is 2.44. The van der Waals surface area contributed by atoms with E-state index in [1.807, 2.05) is 0 Å². The molecule has 0 aromatic heterocycles. The molecule has 1 aliphatic rings. The maximum absolute atomic E-state index is 12.4. The summed E-state index contributed by atoms with van der Waals surface area (Å²) in [5.74, 6) is -0.929. The Hall–Kier alpha value is -1.82. The third kappa shape index (κ3) is 15.5. The Morgan fingerprint density at radius 2 is 1.49 bits per heavy atom. The van der Waals surface area contributed by atoms with Crippen molar-refractivity contribution in [3.05, 3.63) is 24.3 Å². The molecule has 0 aromatic rings. The van der Waals surface area contributed by atoms with Crippen molar-refractivity contribution in [3.63, 3.8) is 0 Å². The van der Waals surface area contributed by atoms with Crippen molar-refractivity contribution in [2.75, 3.05) is 19.8 Å². The molecule has 10 nitrogen and oxygen atoms in total. The standard InChI is InChI=1S/C29H50O10/c1-3-5-6-7-8-9-10-11-12-13-14-15-16-17-18-25(32)38-22(20-36-24(31)4-2)21-37-29-28(35)27(34)26(33)23(19-30)39-29/h7-8,10-11,22-23,26-30,33-35H,3-6,9,12-21H2,1-2H3/b8-7-,11-10-. The van der Waals surface area contributed by atoms with E-state index in [0.717, 1.165) is 44.9 Å². The topological polar surface area (TPSA) is 152 Å². The average molecular weight is 559 g/mol.